The Hall–Kier alpha value is -3.06. The maximum atomic E-state index is 13.1. The van der Waals surface area contributed by atoms with Crippen molar-refractivity contribution in [2.45, 2.75) is 32.8 Å². The van der Waals surface area contributed by atoms with Crippen LogP contribution < -0.4 is 4.74 Å². The molecule has 0 saturated carbocycles. The van der Waals surface area contributed by atoms with Crippen LogP contribution in [-0.4, -0.2) is 46.7 Å². The number of carbonyl (C=O) groups excluding carboxylic acids is 1. The molecule has 7 heteroatoms. The predicted molar refractivity (Wildman–Crippen MR) is 111 cm³/mol. The van der Waals surface area contributed by atoms with E-state index in [1.165, 1.54) is 17.7 Å². The maximum Gasteiger partial charge on any atom is 0.419 e. The average Bonchev–Trinajstić information content (AvgIpc) is 2.99. The van der Waals surface area contributed by atoms with E-state index in [2.05, 4.69) is 4.98 Å². The van der Waals surface area contributed by atoms with Crippen molar-refractivity contribution in [2.75, 3.05) is 20.3 Å². The minimum absolute atomic E-state index is 0.0487. The third kappa shape index (κ3) is 3.42. The number of hydrogen-bond acceptors (Lipinski definition) is 6. The van der Waals surface area contributed by atoms with E-state index in [1.807, 2.05) is 26.8 Å². The lowest BCUT2D eigenvalue weighted by molar-refractivity contribution is 0.0551. The third-order valence-corrected chi connectivity index (χ3v) is 4.82. The van der Waals surface area contributed by atoms with Gasteiger partial charge in [-0.1, -0.05) is 6.08 Å². The van der Waals surface area contributed by atoms with Crippen LogP contribution in [0.1, 0.15) is 32.9 Å². The highest BCUT2D eigenvalue weighted by molar-refractivity contribution is 6.16. The molecule has 0 fully saturated rings. The summed E-state index contributed by atoms with van der Waals surface area (Å²) in [6.07, 6.45) is 3.92. The van der Waals surface area contributed by atoms with Crippen LogP contribution in [0.2, 0.25) is 0 Å². The minimum Gasteiger partial charge on any atom is -0.504 e. The Morgan fingerprint density at radius 3 is 2.72 bits per heavy atom. The standard InChI is InChI=1S/C22H24N2O5/c1-22(2,3)29-21(26)24-15-5-8-23-20(13-6-9-28-10-7-13)19(15)14-11-18(27-4)17(25)12-16(14)24/h5-6,8,11-12,25H,7,9-10H2,1-4H3. The fourth-order valence-corrected chi connectivity index (χ4v) is 3.63. The van der Waals surface area contributed by atoms with Gasteiger partial charge in [-0.25, -0.2) is 9.36 Å². The Morgan fingerprint density at radius 1 is 1.28 bits per heavy atom. The number of phenolic OH excluding ortho intramolecular Hbond substituents is 1. The first-order valence-corrected chi connectivity index (χ1v) is 9.51. The van der Waals surface area contributed by atoms with Crippen LogP contribution in [0, 0.1) is 0 Å². The molecule has 7 nitrogen and oxygen atoms in total. The summed E-state index contributed by atoms with van der Waals surface area (Å²) in [5, 5.41) is 11.9. The lowest BCUT2D eigenvalue weighted by Gasteiger charge is -2.20. The highest BCUT2D eigenvalue weighted by atomic mass is 16.6. The van der Waals surface area contributed by atoms with Crippen molar-refractivity contribution in [3.05, 3.63) is 36.2 Å². The SMILES string of the molecule is COc1cc2c3c(C4=CCOCC4)nccc3n(C(=O)OC(C)(C)C)c2cc1O. The van der Waals surface area contributed by atoms with Gasteiger partial charge in [0.15, 0.2) is 11.5 Å². The first-order chi connectivity index (χ1) is 13.8. The van der Waals surface area contributed by atoms with Crippen molar-refractivity contribution >= 4 is 33.5 Å². The number of fused-ring (bicyclic) bond motifs is 3. The van der Waals surface area contributed by atoms with Gasteiger partial charge in [-0.3, -0.25) is 4.98 Å². The van der Waals surface area contributed by atoms with Crippen molar-refractivity contribution in [3.8, 4) is 11.5 Å². The van der Waals surface area contributed by atoms with Gasteiger partial charge >= 0.3 is 6.09 Å². The number of methoxy groups -OCH3 is 1. The van der Waals surface area contributed by atoms with Crippen molar-refractivity contribution < 1.29 is 24.1 Å². The van der Waals surface area contributed by atoms with E-state index in [4.69, 9.17) is 14.2 Å². The van der Waals surface area contributed by atoms with Crippen LogP contribution in [0.25, 0.3) is 27.4 Å². The van der Waals surface area contributed by atoms with Gasteiger partial charge in [-0.2, -0.15) is 0 Å². The number of rotatable bonds is 2. The molecule has 29 heavy (non-hydrogen) atoms. The highest BCUT2D eigenvalue weighted by Crippen LogP contribution is 2.40. The van der Waals surface area contributed by atoms with E-state index in [-0.39, 0.29) is 5.75 Å². The smallest absolute Gasteiger partial charge is 0.419 e. The number of pyridine rings is 1. The lowest BCUT2D eigenvalue weighted by atomic mass is 10.0. The second-order valence-electron chi connectivity index (χ2n) is 7.96. The summed E-state index contributed by atoms with van der Waals surface area (Å²) < 4.78 is 17.9. The van der Waals surface area contributed by atoms with E-state index in [9.17, 15) is 9.90 Å². The van der Waals surface area contributed by atoms with Crippen LogP contribution >= 0.6 is 0 Å². The predicted octanol–water partition coefficient (Wildman–Crippen LogP) is 4.49. The quantitative estimate of drug-likeness (QED) is 0.687. The number of ether oxygens (including phenoxy) is 3. The van der Waals surface area contributed by atoms with Gasteiger partial charge in [-0.15, -0.1) is 0 Å². The van der Waals surface area contributed by atoms with Gasteiger partial charge in [0.2, 0.25) is 0 Å². The molecule has 4 rings (SSSR count). The van der Waals surface area contributed by atoms with Gasteiger partial charge in [0.05, 0.1) is 37.1 Å². The fourth-order valence-electron chi connectivity index (χ4n) is 3.63. The Morgan fingerprint density at radius 2 is 2.07 bits per heavy atom. The molecule has 0 saturated heterocycles. The van der Waals surface area contributed by atoms with E-state index in [0.717, 1.165) is 28.5 Å². The normalized spacial score (nSPS) is 14.8. The monoisotopic (exact) mass is 396 g/mol. The van der Waals surface area contributed by atoms with Gasteiger partial charge < -0.3 is 19.3 Å². The fraction of sp³-hybridized carbons (Fsp3) is 0.364. The maximum absolute atomic E-state index is 13.1. The van der Waals surface area contributed by atoms with Crippen LogP contribution in [0.5, 0.6) is 11.5 Å². The van der Waals surface area contributed by atoms with Crippen molar-refractivity contribution in [1.82, 2.24) is 9.55 Å². The molecule has 0 radical (unpaired) electrons. The molecular weight excluding hydrogens is 372 g/mol. The summed E-state index contributed by atoms with van der Waals surface area (Å²) in [7, 11) is 1.49. The zero-order valence-electron chi connectivity index (χ0n) is 17.0. The lowest BCUT2D eigenvalue weighted by Crippen LogP contribution is -2.27. The van der Waals surface area contributed by atoms with Crippen LogP contribution in [0.3, 0.4) is 0 Å². The molecule has 0 spiro atoms. The first-order valence-electron chi connectivity index (χ1n) is 9.51. The summed E-state index contributed by atoms with van der Waals surface area (Å²) in [5.74, 6) is 0.281. The molecule has 0 amide bonds. The molecule has 1 aliphatic heterocycles. The van der Waals surface area contributed by atoms with Crippen molar-refractivity contribution in [2.24, 2.45) is 0 Å². The van der Waals surface area contributed by atoms with Crippen molar-refractivity contribution in [1.29, 1.82) is 0 Å². The third-order valence-electron chi connectivity index (χ3n) is 4.82. The molecule has 0 aliphatic carbocycles. The summed E-state index contributed by atoms with van der Waals surface area (Å²) in [4.78, 5) is 17.7. The molecule has 0 unspecified atom stereocenters. The van der Waals surface area contributed by atoms with Gasteiger partial charge in [0, 0.05) is 23.0 Å². The molecule has 152 valence electrons. The molecular formula is C22H24N2O5. The average molecular weight is 396 g/mol. The number of carbonyl (C=O) groups is 1. The Balaban J connectivity index is 2.07. The Labute approximate surface area is 168 Å². The summed E-state index contributed by atoms with van der Waals surface area (Å²) in [5.41, 5.74) is 2.41. The number of benzene rings is 1. The zero-order valence-corrected chi connectivity index (χ0v) is 17.0. The second-order valence-corrected chi connectivity index (χ2v) is 7.96. The topological polar surface area (TPSA) is 82.8 Å². The number of aromatic nitrogens is 2. The molecule has 0 atom stereocenters. The van der Waals surface area contributed by atoms with Crippen LogP contribution in [0.15, 0.2) is 30.5 Å². The molecule has 2 aromatic heterocycles. The zero-order chi connectivity index (χ0) is 20.8. The van der Waals surface area contributed by atoms with Gasteiger partial charge in [0.1, 0.15) is 5.60 Å². The molecule has 3 heterocycles. The van der Waals surface area contributed by atoms with E-state index < -0.39 is 11.7 Å². The molecule has 1 N–H and O–H groups in total. The molecule has 0 bridgehead atoms. The summed E-state index contributed by atoms with van der Waals surface area (Å²) >= 11 is 0. The molecule has 1 aliphatic rings. The Bertz CT molecular complexity index is 1140. The highest BCUT2D eigenvalue weighted by Gasteiger charge is 2.26. The minimum atomic E-state index is -0.659. The van der Waals surface area contributed by atoms with E-state index >= 15 is 0 Å². The van der Waals surface area contributed by atoms with E-state index in [1.54, 1.807) is 18.3 Å². The number of phenols is 1. The number of aromatic hydroxyl groups is 1. The van der Waals surface area contributed by atoms with Gasteiger partial charge in [-0.05, 0) is 44.9 Å². The van der Waals surface area contributed by atoms with Crippen LogP contribution in [-0.2, 0) is 9.47 Å². The summed E-state index contributed by atoms with van der Waals surface area (Å²) in [6.45, 7) is 6.61. The largest absolute Gasteiger partial charge is 0.504 e. The molecule has 3 aromatic rings. The molecule has 1 aromatic carbocycles. The van der Waals surface area contributed by atoms with Gasteiger partial charge in [0.25, 0.3) is 0 Å². The van der Waals surface area contributed by atoms with E-state index in [0.29, 0.717) is 30.0 Å². The summed E-state index contributed by atoms with van der Waals surface area (Å²) in [6, 6.07) is 5.05. The van der Waals surface area contributed by atoms with Crippen molar-refractivity contribution in [3.63, 3.8) is 0 Å². The second kappa shape index (κ2) is 7.08. The first kappa shape index (κ1) is 19.3. The Kier molecular flexibility index (Phi) is 4.70. The van der Waals surface area contributed by atoms with Crippen LogP contribution in [0.4, 0.5) is 4.79 Å². The number of hydrogen-bond donors (Lipinski definition) is 1. The number of nitrogens with zero attached hydrogens (tertiary/aromatic N) is 2.